The number of benzene rings is 1. The van der Waals surface area contributed by atoms with Crippen molar-refractivity contribution in [3.05, 3.63) is 52.3 Å². The highest BCUT2D eigenvalue weighted by Gasteiger charge is 2.24. The van der Waals surface area contributed by atoms with Crippen molar-refractivity contribution < 1.29 is 22.8 Å². The number of rotatable bonds is 10. The Morgan fingerprint density at radius 2 is 2.03 bits per heavy atom. The summed E-state index contributed by atoms with van der Waals surface area (Å²) in [6.07, 6.45) is 0.526. The molecule has 1 unspecified atom stereocenters. The van der Waals surface area contributed by atoms with Gasteiger partial charge in [-0.05, 0) is 18.1 Å². The summed E-state index contributed by atoms with van der Waals surface area (Å²) in [7, 11) is 0. The Morgan fingerprint density at radius 3 is 2.76 bits per heavy atom. The molecule has 9 nitrogen and oxygen atoms in total. The standard InChI is InChI=1S/C20H22F3N7O2S/c1-12(31)25-19-28-27-17(33-19)7-6-15(21)10-30-11-16(26-29-30)18(32)24-9-13-4-3-5-14(8-13)20(2,22)23/h3-5,8,11,15H,6-7,9-10H2,1-2H3,(H,24,32)(H,25,28,31). The molecule has 3 aromatic rings. The van der Waals surface area contributed by atoms with Gasteiger partial charge in [-0.25, -0.2) is 17.9 Å². The normalized spacial score (nSPS) is 12.4. The lowest BCUT2D eigenvalue weighted by Crippen LogP contribution is -2.23. The zero-order valence-corrected chi connectivity index (χ0v) is 18.7. The Morgan fingerprint density at radius 1 is 1.24 bits per heavy atom. The highest BCUT2D eigenvalue weighted by Crippen LogP contribution is 2.27. The second-order valence-electron chi connectivity index (χ2n) is 7.42. The van der Waals surface area contributed by atoms with Crippen LogP contribution in [0.5, 0.6) is 0 Å². The van der Waals surface area contributed by atoms with Crippen LogP contribution in [-0.4, -0.2) is 43.2 Å². The van der Waals surface area contributed by atoms with E-state index in [1.165, 1.54) is 47.3 Å². The molecule has 0 aliphatic carbocycles. The Hall–Kier alpha value is -3.35. The molecule has 176 valence electrons. The van der Waals surface area contributed by atoms with Gasteiger partial charge < -0.3 is 10.6 Å². The van der Waals surface area contributed by atoms with Crippen LogP contribution >= 0.6 is 11.3 Å². The molecular weight excluding hydrogens is 459 g/mol. The molecule has 3 rings (SSSR count). The van der Waals surface area contributed by atoms with Gasteiger partial charge in [0.25, 0.3) is 11.8 Å². The average Bonchev–Trinajstić information content (AvgIpc) is 3.39. The van der Waals surface area contributed by atoms with E-state index in [2.05, 4.69) is 31.1 Å². The molecule has 1 aromatic carbocycles. The van der Waals surface area contributed by atoms with Crippen molar-refractivity contribution in [2.75, 3.05) is 5.32 Å². The van der Waals surface area contributed by atoms with Crippen LogP contribution in [-0.2, 0) is 30.2 Å². The number of hydrogen-bond acceptors (Lipinski definition) is 7. The van der Waals surface area contributed by atoms with Crippen molar-refractivity contribution >= 4 is 28.3 Å². The molecule has 0 aliphatic rings. The van der Waals surface area contributed by atoms with Gasteiger partial charge in [-0.15, -0.1) is 15.3 Å². The predicted octanol–water partition coefficient (Wildman–Crippen LogP) is 3.10. The zero-order chi connectivity index (χ0) is 24.0. The third-order valence-corrected chi connectivity index (χ3v) is 5.36. The molecule has 0 saturated carbocycles. The first-order valence-electron chi connectivity index (χ1n) is 10.00. The Balaban J connectivity index is 1.47. The molecule has 2 aromatic heterocycles. The van der Waals surface area contributed by atoms with Gasteiger partial charge in [0.1, 0.15) is 11.2 Å². The Labute approximate surface area is 191 Å². The van der Waals surface area contributed by atoms with Crippen LogP contribution in [0, 0.1) is 0 Å². The molecule has 0 bridgehead atoms. The highest BCUT2D eigenvalue weighted by molar-refractivity contribution is 7.15. The quantitative estimate of drug-likeness (QED) is 0.460. The number of alkyl halides is 3. The van der Waals surface area contributed by atoms with Gasteiger partial charge in [0.2, 0.25) is 11.0 Å². The van der Waals surface area contributed by atoms with Crippen LogP contribution in [0.2, 0.25) is 0 Å². The first-order chi connectivity index (χ1) is 15.6. The molecule has 2 N–H and O–H groups in total. The first kappa shape index (κ1) is 24.3. The van der Waals surface area contributed by atoms with Crippen molar-refractivity contribution in [1.82, 2.24) is 30.5 Å². The van der Waals surface area contributed by atoms with E-state index in [1.807, 2.05) is 0 Å². The summed E-state index contributed by atoms with van der Waals surface area (Å²) in [5, 5.41) is 21.2. The summed E-state index contributed by atoms with van der Waals surface area (Å²) >= 11 is 1.17. The summed E-state index contributed by atoms with van der Waals surface area (Å²) in [6, 6.07) is 5.75. The summed E-state index contributed by atoms with van der Waals surface area (Å²) in [6.45, 7) is 2.09. The van der Waals surface area contributed by atoms with E-state index in [-0.39, 0.29) is 36.7 Å². The van der Waals surface area contributed by atoms with Crippen molar-refractivity contribution in [3.63, 3.8) is 0 Å². The summed E-state index contributed by atoms with van der Waals surface area (Å²) in [5.41, 5.74) is 0.356. The summed E-state index contributed by atoms with van der Waals surface area (Å²) in [5.74, 6) is -3.79. The van der Waals surface area contributed by atoms with Gasteiger partial charge in [0.15, 0.2) is 5.69 Å². The molecule has 0 saturated heterocycles. The van der Waals surface area contributed by atoms with Crippen LogP contribution < -0.4 is 10.6 Å². The Kier molecular flexibility index (Phi) is 7.74. The lowest BCUT2D eigenvalue weighted by molar-refractivity contribution is -0.114. The van der Waals surface area contributed by atoms with E-state index in [0.717, 1.165) is 6.92 Å². The van der Waals surface area contributed by atoms with Gasteiger partial charge in [0.05, 0.1) is 12.7 Å². The van der Waals surface area contributed by atoms with Crippen LogP contribution in [0.15, 0.2) is 30.5 Å². The topological polar surface area (TPSA) is 115 Å². The molecular formula is C20H22F3N7O2S. The van der Waals surface area contributed by atoms with Crippen molar-refractivity contribution in [2.24, 2.45) is 0 Å². The largest absolute Gasteiger partial charge is 0.347 e. The van der Waals surface area contributed by atoms with Gasteiger partial charge in [0, 0.05) is 32.4 Å². The minimum atomic E-state index is -2.98. The van der Waals surface area contributed by atoms with Gasteiger partial charge in [-0.3, -0.25) is 9.59 Å². The fourth-order valence-electron chi connectivity index (χ4n) is 2.85. The van der Waals surface area contributed by atoms with E-state index >= 15 is 0 Å². The molecule has 0 aliphatic heterocycles. The number of aryl methyl sites for hydroxylation is 1. The Bertz CT molecular complexity index is 1110. The van der Waals surface area contributed by atoms with E-state index in [0.29, 0.717) is 22.1 Å². The lowest BCUT2D eigenvalue weighted by Gasteiger charge is -2.12. The minimum absolute atomic E-state index is 0.0109. The number of nitrogens with zero attached hydrogens (tertiary/aromatic N) is 5. The first-order valence-corrected chi connectivity index (χ1v) is 10.8. The van der Waals surface area contributed by atoms with Crippen LogP contribution in [0.4, 0.5) is 18.3 Å². The second-order valence-corrected chi connectivity index (χ2v) is 8.48. The van der Waals surface area contributed by atoms with Gasteiger partial charge >= 0.3 is 0 Å². The number of carbonyl (C=O) groups excluding carboxylic acids is 2. The molecule has 13 heteroatoms. The van der Waals surface area contributed by atoms with E-state index in [9.17, 15) is 22.8 Å². The molecule has 0 radical (unpaired) electrons. The van der Waals surface area contributed by atoms with Crippen LogP contribution in [0.3, 0.4) is 0 Å². The van der Waals surface area contributed by atoms with E-state index < -0.39 is 18.0 Å². The average molecular weight is 482 g/mol. The highest BCUT2D eigenvalue weighted by atomic mass is 32.1. The number of hydrogen-bond donors (Lipinski definition) is 2. The van der Waals surface area contributed by atoms with Crippen molar-refractivity contribution in [1.29, 1.82) is 0 Å². The predicted molar refractivity (Wildman–Crippen MR) is 115 cm³/mol. The SMILES string of the molecule is CC(=O)Nc1nnc(CCC(F)Cn2cc(C(=O)NCc3cccc(C(C)(F)F)c3)nn2)s1. The minimum Gasteiger partial charge on any atom is -0.347 e. The van der Waals surface area contributed by atoms with E-state index in [1.54, 1.807) is 6.07 Å². The summed E-state index contributed by atoms with van der Waals surface area (Å²) < 4.78 is 42.5. The maximum atomic E-state index is 14.3. The van der Waals surface area contributed by atoms with E-state index in [4.69, 9.17) is 0 Å². The third-order valence-electron chi connectivity index (χ3n) is 4.46. The van der Waals surface area contributed by atoms with Crippen molar-refractivity contribution in [2.45, 2.75) is 51.9 Å². The summed E-state index contributed by atoms with van der Waals surface area (Å²) in [4.78, 5) is 23.3. The molecule has 1 atom stereocenters. The molecule has 0 spiro atoms. The third kappa shape index (κ3) is 7.34. The number of aromatic nitrogens is 5. The van der Waals surface area contributed by atoms with Crippen molar-refractivity contribution in [3.8, 4) is 0 Å². The maximum Gasteiger partial charge on any atom is 0.273 e. The number of amides is 2. The van der Waals surface area contributed by atoms with Gasteiger partial charge in [-0.1, -0.05) is 34.7 Å². The maximum absolute atomic E-state index is 14.3. The van der Waals surface area contributed by atoms with Crippen LogP contribution in [0.1, 0.15) is 46.9 Å². The number of anilines is 1. The van der Waals surface area contributed by atoms with Gasteiger partial charge in [-0.2, -0.15) is 0 Å². The number of halogens is 3. The van der Waals surface area contributed by atoms with Crippen LogP contribution in [0.25, 0.3) is 0 Å². The number of nitrogens with one attached hydrogen (secondary N) is 2. The molecule has 0 fully saturated rings. The lowest BCUT2D eigenvalue weighted by atomic mass is 10.1. The fourth-order valence-corrected chi connectivity index (χ4v) is 3.65. The number of carbonyl (C=O) groups is 2. The fraction of sp³-hybridized carbons (Fsp3) is 0.400. The smallest absolute Gasteiger partial charge is 0.273 e. The second kappa shape index (κ2) is 10.5. The molecule has 33 heavy (non-hydrogen) atoms. The zero-order valence-electron chi connectivity index (χ0n) is 17.9. The molecule has 2 heterocycles. The molecule has 2 amide bonds. The monoisotopic (exact) mass is 481 g/mol.